The van der Waals surface area contributed by atoms with Gasteiger partial charge in [0.2, 0.25) is 0 Å². The van der Waals surface area contributed by atoms with Crippen LogP contribution in [0.15, 0.2) is 48.5 Å². The third-order valence-corrected chi connectivity index (χ3v) is 6.81. The first kappa shape index (κ1) is 19.7. The van der Waals surface area contributed by atoms with Crippen molar-refractivity contribution in [2.45, 2.75) is 38.1 Å². The highest BCUT2D eigenvalue weighted by atomic mass is 19.1. The van der Waals surface area contributed by atoms with Gasteiger partial charge in [-0.3, -0.25) is 4.90 Å². The maximum Gasteiger partial charge on any atom is 0.125 e. The molecule has 2 fully saturated rings. The zero-order valence-corrected chi connectivity index (χ0v) is 17.6. The van der Waals surface area contributed by atoms with Crippen molar-refractivity contribution in [2.75, 3.05) is 32.7 Å². The van der Waals surface area contributed by atoms with E-state index in [1.165, 1.54) is 44.1 Å². The van der Waals surface area contributed by atoms with E-state index < -0.39 is 0 Å². The second kappa shape index (κ2) is 8.86. The number of halogens is 1. The fourth-order valence-electron chi connectivity index (χ4n) is 5.23. The molecule has 0 spiro atoms. The Morgan fingerprint density at radius 2 is 1.80 bits per heavy atom. The van der Waals surface area contributed by atoms with Crippen LogP contribution in [-0.2, 0) is 6.54 Å². The van der Waals surface area contributed by atoms with E-state index in [0.717, 1.165) is 55.3 Å². The van der Waals surface area contributed by atoms with Crippen molar-refractivity contribution in [1.29, 1.82) is 0 Å². The molecule has 1 aromatic heterocycles. The minimum absolute atomic E-state index is 0.207. The molecule has 158 valence electrons. The van der Waals surface area contributed by atoms with E-state index in [0.29, 0.717) is 5.92 Å². The van der Waals surface area contributed by atoms with Crippen molar-refractivity contribution in [3.63, 3.8) is 0 Å². The molecule has 0 aliphatic carbocycles. The summed E-state index contributed by atoms with van der Waals surface area (Å²) >= 11 is 0. The molecule has 3 heterocycles. The van der Waals surface area contributed by atoms with Crippen LogP contribution in [0.5, 0.6) is 0 Å². The number of nitrogens with zero attached hydrogens (tertiary/aromatic N) is 3. The molecule has 0 saturated carbocycles. The van der Waals surface area contributed by atoms with Gasteiger partial charge in [-0.05, 0) is 75.0 Å². The Kier molecular flexibility index (Phi) is 5.82. The van der Waals surface area contributed by atoms with Gasteiger partial charge in [-0.15, -0.1) is 0 Å². The van der Waals surface area contributed by atoms with E-state index in [9.17, 15) is 4.39 Å². The number of piperidine rings is 2. The molecule has 2 aliphatic rings. The Labute approximate surface area is 178 Å². The molecule has 3 aromatic rings. The predicted octanol–water partition coefficient (Wildman–Crippen LogP) is 4.79. The van der Waals surface area contributed by atoms with Crippen molar-refractivity contribution >= 4 is 11.0 Å². The lowest BCUT2D eigenvalue weighted by atomic mass is 9.93. The third kappa shape index (κ3) is 4.57. The first-order valence-electron chi connectivity index (χ1n) is 11.4. The van der Waals surface area contributed by atoms with E-state index in [1.54, 1.807) is 12.1 Å². The fourth-order valence-corrected chi connectivity index (χ4v) is 5.23. The Bertz CT molecular complexity index is 962. The number of rotatable bonds is 5. The summed E-state index contributed by atoms with van der Waals surface area (Å²) in [6, 6.07) is 15.6. The van der Waals surface area contributed by atoms with Crippen LogP contribution in [0.25, 0.3) is 11.0 Å². The molecule has 0 bridgehead atoms. The van der Waals surface area contributed by atoms with Crippen LogP contribution in [0.4, 0.5) is 4.39 Å². The summed E-state index contributed by atoms with van der Waals surface area (Å²) in [6.45, 7) is 6.98. The molecule has 1 unspecified atom stereocenters. The first-order chi connectivity index (χ1) is 14.7. The lowest BCUT2D eigenvalue weighted by molar-refractivity contribution is 0.113. The molecule has 0 radical (unpaired) electrons. The zero-order chi connectivity index (χ0) is 20.3. The summed E-state index contributed by atoms with van der Waals surface area (Å²) in [4.78, 5) is 13.4. The molecule has 5 heteroatoms. The molecule has 2 saturated heterocycles. The van der Waals surface area contributed by atoms with Crippen LogP contribution in [0.2, 0.25) is 0 Å². The summed E-state index contributed by atoms with van der Waals surface area (Å²) in [5, 5.41) is 0. The largest absolute Gasteiger partial charge is 0.342 e. The van der Waals surface area contributed by atoms with E-state index in [1.807, 2.05) is 0 Å². The number of benzene rings is 2. The topological polar surface area (TPSA) is 35.2 Å². The maximum atomic E-state index is 13.5. The minimum Gasteiger partial charge on any atom is -0.342 e. The van der Waals surface area contributed by atoms with Gasteiger partial charge in [0.05, 0.1) is 11.0 Å². The molecule has 1 atom stereocenters. The van der Waals surface area contributed by atoms with Crippen LogP contribution in [0, 0.1) is 11.7 Å². The van der Waals surface area contributed by atoms with E-state index in [-0.39, 0.29) is 5.82 Å². The standard InChI is InChI=1S/C25H31FN4/c26-22-8-9-23-24(15-22)28-25(27-23)21-10-13-29(14-11-21)17-20-7-4-12-30(18-20)16-19-5-2-1-3-6-19/h1-3,5-6,8-9,15,20-21H,4,7,10-14,16-18H2,(H,27,28). The molecule has 0 amide bonds. The SMILES string of the molecule is Fc1ccc2nc(C3CCN(CC4CCCN(Cc5ccccc5)C4)CC3)[nH]c2c1. The van der Waals surface area contributed by atoms with E-state index in [2.05, 4.69) is 45.1 Å². The van der Waals surface area contributed by atoms with Gasteiger partial charge in [0.25, 0.3) is 0 Å². The molecule has 2 aromatic carbocycles. The van der Waals surface area contributed by atoms with Gasteiger partial charge in [-0.2, -0.15) is 0 Å². The van der Waals surface area contributed by atoms with Gasteiger partial charge in [0.15, 0.2) is 0 Å². The fraction of sp³-hybridized carbons (Fsp3) is 0.480. The first-order valence-corrected chi connectivity index (χ1v) is 11.4. The molecule has 1 N–H and O–H groups in total. The maximum absolute atomic E-state index is 13.5. The lowest BCUT2D eigenvalue weighted by Gasteiger charge is -2.38. The number of nitrogens with one attached hydrogen (secondary N) is 1. The normalized spacial score (nSPS) is 22.0. The van der Waals surface area contributed by atoms with Crippen LogP contribution in [-0.4, -0.2) is 52.5 Å². The van der Waals surface area contributed by atoms with Gasteiger partial charge < -0.3 is 9.88 Å². The number of hydrogen-bond acceptors (Lipinski definition) is 3. The summed E-state index contributed by atoms with van der Waals surface area (Å²) in [5.41, 5.74) is 3.10. The van der Waals surface area contributed by atoms with Crippen LogP contribution < -0.4 is 0 Å². The molecule has 5 rings (SSSR count). The van der Waals surface area contributed by atoms with Gasteiger partial charge in [0.1, 0.15) is 11.6 Å². The van der Waals surface area contributed by atoms with Crippen molar-refractivity contribution in [2.24, 2.45) is 5.92 Å². The quantitative estimate of drug-likeness (QED) is 0.661. The Hall–Kier alpha value is -2.24. The summed E-state index contributed by atoms with van der Waals surface area (Å²) in [5.74, 6) is 2.05. The average Bonchev–Trinajstić information content (AvgIpc) is 3.18. The third-order valence-electron chi connectivity index (χ3n) is 6.81. The van der Waals surface area contributed by atoms with Gasteiger partial charge in [-0.1, -0.05) is 30.3 Å². The Morgan fingerprint density at radius 1 is 0.967 bits per heavy atom. The highest BCUT2D eigenvalue weighted by molar-refractivity contribution is 5.75. The number of imidazole rings is 1. The number of likely N-dealkylation sites (tertiary alicyclic amines) is 2. The van der Waals surface area contributed by atoms with Crippen molar-refractivity contribution in [3.8, 4) is 0 Å². The Balaban J connectivity index is 1.13. The lowest BCUT2D eigenvalue weighted by Crippen LogP contribution is -2.43. The number of fused-ring (bicyclic) bond motifs is 1. The van der Waals surface area contributed by atoms with Crippen LogP contribution >= 0.6 is 0 Å². The van der Waals surface area contributed by atoms with Gasteiger partial charge in [-0.25, -0.2) is 9.37 Å². The predicted molar refractivity (Wildman–Crippen MR) is 119 cm³/mol. The average molecular weight is 407 g/mol. The highest BCUT2D eigenvalue weighted by Gasteiger charge is 2.27. The van der Waals surface area contributed by atoms with Gasteiger partial charge in [0, 0.05) is 25.6 Å². The molecular weight excluding hydrogens is 375 g/mol. The highest BCUT2D eigenvalue weighted by Crippen LogP contribution is 2.29. The van der Waals surface area contributed by atoms with Crippen molar-refractivity contribution < 1.29 is 4.39 Å². The smallest absolute Gasteiger partial charge is 0.125 e. The zero-order valence-electron chi connectivity index (χ0n) is 17.6. The molecule has 4 nitrogen and oxygen atoms in total. The molecule has 2 aliphatic heterocycles. The van der Waals surface area contributed by atoms with Gasteiger partial charge >= 0.3 is 0 Å². The van der Waals surface area contributed by atoms with Crippen LogP contribution in [0.3, 0.4) is 0 Å². The molecule has 30 heavy (non-hydrogen) atoms. The Morgan fingerprint density at radius 3 is 2.63 bits per heavy atom. The second-order valence-electron chi connectivity index (χ2n) is 9.09. The summed E-state index contributed by atoms with van der Waals surface area (Å²) in [7, 11) is 0. The minimum atomic E-state index is -0.207. The van der Waals surface area contributed by atoms with Crippen molar-refractivity contribution in [3.05, 3.63) is 65.7 Å². The van der Waals surface area contributed by atoms with Crippen LogP contribution in [0.1, 0.15) is 43.0 Å². The van der Waals surface area contributed by atoms with E-state index in [4.69, 9.17) is 4.98 Å². The monoisotopic (exact) mass is 406 g/mol. The summed E-state index contributed by atoms with van der Waals surface area (Å²) < 4.78 is 13.5. The number of H-pyrrole nitrogens is 1. The second-order valence-corrected chi connectivity index (χ2v) is 9.09. The number of aromatic amines is 1. The summed E-state index contributed by atoms with van der Waals surface area (Å²) in [6.07, 6.45) is 4.91. The number of hydrogen-bond donors (Lipinski definition) is 1. The number of aromatic nitrogens is 2. The van der Waals surface area contributed by atoms with E-state index >= 15 is 0 Å². The van der Waals surface area contributed by atoms with Crippen molar-refractivity contribution in [1.82, 2.24) is 19.8 Å². The molecular formula is C25H31FN4.